The van der Waals surface area contributed by atoms with Crippen LogP contribution in [-0.2, 0) is 9.53 Å². The van der Waals surface area contributed by atoms with Crippen LogP contribution in [-0.4, -0.2) is 12.6 Å². The molecule has 0 aliphatic rings. The molecule has 4 heteroatoms. The number of nitrogens with zero attached hydrogens (tertiary/aromatic N) is 1. The predicted molar refractivity (Wildman–Crippen MR) is 66.3 cm³/mol. The molecule has 1 aromatic rings. The zero-order chi connectivity index (χ0) is 12.7. The number of carbonyl (C=O) groups excluding carboxylic acids is 1. The Hall–Kier alpha value is -1.79. The molecule has 0 saturated heterocycles. The number of benzene rings is 1. The highest BCUT2D eigenvalue weighted by Crippen LogP contribution is 2.20. The van der Waals surface area contributed by atoms with Crippen LogP contribution in [0.25, 0.3) is 5.57 Å². The highest BCUT2D eigenvalue weighted by molar-refractivity contribution is 6.30. The number of rotatable bonds is 4. The summed E-state index contributed by atoms with van der Waals surface area (Å²) >= 11 is 5.77. The van der Waals surface area contributed by atoms with Crippen LogP contribution in [0.15, 0.2) is 30.3 Å². The molecule has 0 amide bonds. The number of nitriles is 1. The van der Waals surface area contributed by atoms with Crippen LogP contribution in [0.2, 0.25) is 5.02 Å². The van der Waals surface area contributed by atoms with Gasteiger partial charge in [-0.05, 0) is 30.2 Å². The SMILES string of the molecule is CCOC(=O)C/C(=C/C#N)c1ccc(Cl)cc1. The lowest BCUT2D eigenvalue weighted by molar-refractivity contribution is -0.141. The lowest BCUT2D eigenvalue weighted by Gasteiger charge is -2.06. The van der Waals surface area contributed by atoms with Gasteiger partial charge in [0.1, 0.15) is 0 Å². The Labute approximate surface area is 105 Å². The lowest BCUT2D eigenvalue weighted by atomic mass is 10.0. The summed E-state index contributed by atoms with van der Waals surface area (Å²) in [6.45, 7) is 2.08. The van der Waals surface area contributed by atoms with Crippen molar-refractivity contribution in [1.82, 2.24) is 0 Å². The summed E-state index contributed by atoms with van der Waals surface area (Å²) in [6.07, 6.45) is 1.43. The first-order valence-corrected chi connectivity index (χ1v) is 5.55. The molecule has 0 aromatic heterocycles. The Morgan fingerprint density at radius 2 is 2.12 bits per heavy atom. The van der Waals surface area contributed by atoms with Gasteiger partial charge >= 0.3 is 5.97 Å². The molecule has 3 nitrogen and oxygen atoms in total. The van der Waals surface area contributed by atoms with Crippen LogP contribution in [0.5, 0.6) is 0 Å². The van der Waals surface area contributed by atoms with Crippen molar-refractivity contribution in [2.75, 3.05) is 6.61 Å². The minimum atomic E-state index is -0.344. The number of halogens is 1. The van der Waals surface area contributed by atoms with Gasteiger partial charge in [-0.15, -0.1) is 0 Å². The third-order valence-corrected chi connectivity index (χ3v) is 2.35. The van der Waals surface area contributed by atoms with Crippen molar-refractivity contribution in [1.29, 1.82) is 5.26 Å². The van der Waals surface area contributed by atoms with E-state index < -0.39 is 0 Å². The van der Waals surface area contributed by atoms with E-state index in [1.54, 1.807) is 31.2 Å². The molecule has 0 atom stereocenters. The first-order valence-electron chi connectivity index (χ1n) is 5.17. The molecule has 1 rings (SSSR count). The van der Waals surface area contributed by atoms with Gasteiger partial charge in [-0.2, -0.15) is 5.26 Å². The summed E-state index contributed by atoms with van der Waals surface area (Å²) in [6, 6.07) is 8.89. The van der Waals surface area contributed by atoms with E-state index in [2.05, 4.69) is 0 Å². The summed E-state index contributed by atoms with van der Waals surface area (Å²) in [5.74, 6) is -0.344. The molecule has 0 heterocycles. The van der Waals surface area contributed by atoms with Crippen LogP contribution in [0, 0.1) is 11.3 Å². The van der Waals surface area contributed by atoms with E-state index in [-0.39, 0.29) is 12.4 Å². The van der Waals surface area contributed by atoms with Crippen molar-refractivity contribution < 1.29 is 9.53 Å². The molecule has 0 fully saturated rings. The first kappa shape index (κ1) is 13.3. The fourth-order valence-corrected chi connectivity index (χ4v) is 1.47. The van der Waals surface area contributed by atoms with Crippen LogP contribution >= 0.6 is 11.6 Å². The highest BCUT2D eigenvalue weighted by atomic mass is 35.5. The summed E-state index contributed by atoms with van der Waals surface area (Å²) in [7, 11) is 0. The van der Waals surface area contributed by atoms with E-state index in [4.69, 9.17) is 21.6 Å². The Balaban J connectivity index is 2.88. The summed E-state index contributed by atoms with van der Waals surface area (Å²) in [5, 5.41) is 9.30. The van der Waals surface area contributed by atoms with E-state index in [0.717, 1.165) is 5.56 Å². The maximum atomic E-state index is 11.4. The molecule has 17 heavy (non-hydrogen) atoms. The minimum Gasteiger partial charge on any atom is -0.466 e. The molecule has 0 aliphatic heterocycles. The van der Waals surface area contributed by atoms with Gasteiger partial charge in [0.25, 0.3) is 0 Å². The van der Waals surface area contributed by atoms with E-state index in [1.165, 1.54) is 6.08 Å². The maximum Gasteiger partial charge on any atom is 0.310 e. The highest BCUT2D eigenvalue weighted by Gasteiger charge is 2.09. The molecule has 0 bridgehead atoms. The largest absolute Gasteiger partial charge is 0.466 e. The molecule has 0 unspecified atom stereocenters. The molecule has 1 aromatic carbocycles. The molecular weight excluding hydrogens is 238 g/mol. The predicted octanol–water partition coefficient (Wildman–Crippen LogP) is 3.20. The molecule has 0 radical (unpaired) electrons. The molecule has 0 saturated carbocycles. The second-order valence-corrected chi connectivity index (χ2v) is 3.72. The summed E-state index contributed by atoms with van der Waals surface area (Å²) in [4.78, 5) is 11.4. The zero-order valence-electron chi connectivity index (χ0n) is 9.44. The van der Waals surface area contributed by atoms with Crippen LogP contribution in [0.1, 0.15) is 18.9 Å². The second-order valence-electron chi connectivity index (χ2n) is 3.29. The standard InChI is InChI=1S/C13H12ClNO2/c1-2-17-13(16)9-11(7-8-15)10-3-5-12(14)6-4-10/h3-7H,2,9H2,1H3/b11-7-. The van der Waals surface area contributed by atoms with Gasteiger partial charge < -0.3 is 4.74 Å². The van der Waals surface area contributed by atoms with Gasteiger partial charge in [-0.3, -0.25) is 4.79 Å². The van der Waals surface area contributed by atoms with Crippen molar-refractivity contribution in [3.05, 3.63) is 40.9 Å². The minimum absolute atomic E-state index is 0.0863. The third-order valence-electron chi connectivity index (χ3n) is 2.09. The summed E-state index contributed by atoms with van der Waals surface area (Å²) < 4.78 is 4.85. The van der Waals surface area contributed by atoms with Crippen molar-refractivity contribution >= 4 is 23.1 Å². The van der Waals surface area contributed by atoms with Crippen molar-refractivity contribution in [2.45, 2.75) is 13.3 Å². The zero-order valence-corrected chi connectivity index (χ0v) is 10.2. The normalized spacial score (nSPS) is 10.8. The fraction of sp³-hybridized carbons (Fsp3) is 0.231. The molecular formula is C13H12ClNO2. The molecule has 88 valence electrons. The van der Waals surface area contributed by atoms with Crippen LogP contribution < -0.4 is 0 Å². The van der Waals surface area contributed by atoms with Gasteiger partial charge in [0.05, 0.1) is 19.1 Å². The molecule has 0 N–H and O–H groups in total. The number of hydrogen-bond donors (Lipinski definition) is 0. The van der Waals surface area contributed by atoms with Crippen LogP contribution in [0.3, 0.4) is 0 Å². The van der Waals surface area contributed by atoms with Crippen molar-refractivity contribution in [2.24, 2.45) is 0 Å². The maximum absolute atomic E-state index is 11.4. The number of esters is 1. The lowest BCUT2D eigenvalue weighted by Crippen LogP contribution is -2.04. The number of ether oxygens (including phenoxy) is 1. The third kappa shape index (κ3) is 4.29. The Morgan fingerprint density at radius 1 is 1.47 bits per heavy atom. The van der Waals surface area contributed by atoms with Gasteiger partial charge in [-0.25, -0.2) is 0 Å². The topological polar surface area (TPSA) is 50.1 Å². The Bertz CT molecular complexity index is 457. The molecule has 0 spiro atoms. The van der Waals surface area contributed by atoms with Crippen molar-refractivity contribution in [3.8, 4) is 6.07 Å². The van der Waals surface area contributed by atoms with Crippen LogP contribution in [0.4, 0.5) is 0 Å². The summed E-state index contributed by atoms with van der Waals surface area (Å²) in [5.41, 5.74) is 1.42. The Kier molecular flexibility index (Phi) is 5.25. The smallest absolute Gasteiger partial charge is 0.310 e. The first-order chi connectivity index (χ1) is 8.17. The van der Waals surface area contributed by atoms with Crippen molar-refractivity contribution in [3.63, 3.8) is 0 Å². The van der Waals surface area contributed by atoms with E-state index >= 15 is 0 Å². The average Bonchev–Trinajstić information content (AvgIpc) is 2.30. The quantitative estimate of drug-likeness (QED) is 0.608. The van der Waals surface area contributed by atoms with Gasteiger partial charge in [0.2, 0.25) is 0 Å². The van der Waals surface area contributed by atoms with Gasteiger partial charge in [0, 0.05) is 11.1 Å². The fourth-order valence-electron chi connectivity index (χ4n) is 1.35. The van der Waals surface area contributed by atoms with Gasteiger partial charge in [0.15, 0.2) is 0 Å². The van der Waals surface area contributed by atoms with Gasteiger partial charge in [-0.1, -0.05) is 23.7 Å². The molecule has 0 aliphatic carbocycles. The second kappa shape index (κ2) is 6.72. The monoisotopic (exact) mass is 249 g/mol. The average molecular weight is 250 g/mol. The van der Waals surface area contributed by atoms with E-state index in [1.807, 2.05) is 6.07 Å². The number of allylic oxidation sites excluding steroid dienone is 1. The Morgan fingerprint density at radius 3 is 2.65 bits per heavy atom. The number of carbonyl (C=O) groups is 1. The number of hydrogen-bond acceptors (Lipinski definition) is 3. The van der Waals surface area contributed by atoms with E-state index in [0.29, 0.717) is 17.2 Å². The van der Waals surface area contributed by atoms with E-state index in [9.17, 15) is 4.79 Å².